The molecule has 0 aromatic heterocycles. The fraction of sp³-hybridized carbons (Fsp3) is 0.556. The molecule has 0 radical (unpaired) electrons. The molecule has 1 aromatic rings. The van der Waals surface area contributed by atoms with E-state index in [0.29, 0.717) is 13.1 Å². The lowest BCUT2D eigenvalue weighted by Gasteiger charge is -2.28. The fourth-order valence-corrected chi connectivity index (χ4v) is 3.19. The maximum absolute atomic E-state index is 12.3. The van der Waals surface area contributed by atoms with Gasteiger partial charge in [0, 0.05) is 0 Å². The Hall–Kier alpha value is -1.88. The van der Waals surface area contributed by atoms with Gasteiger partial charge in [0.1, 0.15) is 0 Å². The molecule has 126 valence electrons. The van der Waals surface area contributed by atoms with Gasteiger partial charge in [0.2, 0.25) is 5.91 Å². The SMILES string of the molecule is Cc1ccc([C@@H](C)NC(=O)C[NH+]2CCC[C@H](C(N)=O)C2)cc1C. The highest BCUT2D eigenvalue weighted by Gasteiger charge is 2.28. The predicted octanol–water partition coefficient (Wildman–Crippen LogP) is 0.261. The van der Waals surface area contributed by atoms with Crippen molar-refractivity contribution in [2.45, 2.75) is 39.7 Å². The number of hydrogen-bond acceptors (Lipinski definition) is 2. The van der Waals surface area contributed by atoms with Gasteiger partial charge in [-0.15, -0.1) is 0 Å². The van der Waals surface area contributed by atoms with E-state index in [0.717, 1.165) is 29.8 Å². The second kappa shape index (κ2) is 7.59. The number of primary amides is 1. The molecule has 4 N–H and O–H groups in total. The van der Waals surface area contributed by atoms with E-state index in [9.17, 15) is 9.59 Å². The molecule has 0 saturated carbocycles. The first-order valence-corrected chi connectivity index (χ1v) is 8.36. The quantitative estimate of drug-likeness (QED) is 0.728. The molecule has 0 aliphatic carbocycles. The Bertz CT molecular complexity index is 586. The van der Waals surface area contributed by atoms with Gasteiger partial charge in [-0.3, -0.25) is 9.59 Å². The standard InChI is InChI=1S/C18H27N3O2/c1-12-6-7-15(9-13(12)2)14(3)20-17(22)11-21-8-4-5-16(10-21)18(19)23/h6-7,9,14,16H,4-5,8,10-11H2,1-3H3,(H2,19,23)(H,20,22)/p+1/t14-,16+/m1/s1. The lowest BCUT2D eigenvalue weighted by molar-refractivity contribution is -0.899. The zero-order valence-corrected chi connectivity index (χ0v) is 14.3. The lowest BCUT2D eigenvalue weighted by Crippen LogP contribution is -3.15. The van der Waals surface area contributed by atoms with E-state index in [-0.39, 0.29) is 23.8 Å². The first-order valence-electron chi connectivity index (χ1n) is 8.36. The van der Waals surface area contributed by atoms with Crippen molar-refractivity contribution in [1.29, 1.82) is 0 Å². The lowest BCUT2D eigenvalue weighted by atomic mass is 9.97. The molecule has 0 bridgehead atoms. The van der Waals surface area contributed by atoms with Crippen LogP contribution in [0.5, 0.6) is 0 Å². The molecule has 5 heteroatoms. The average Bonchev–Trinajstić information content (AvgIpc) is 2.50. The first kappa shape index (κ1) is 17.5. The number of rotatable bonds is 5. The third kappa shape index (κ3) is 4.79. The predicted molar refractivity (Wildman–Crippen MR) is 90.0 cm³/mol. The van der Waals surface area contributed by atoms with Gasteiger partial charge in [-0.1, -0.05) is 18.2 Å². The largest absolute Gasteiger partial charge is 0.369 e. The van der Waals surface area contributed by atoms with E-state index in [1.165, 1.54) is 11.1 Å². The summed E-state index contributed by atoms with van der Waals surface area (Å²) in [6.45, 7) is 8.15. The van der Waals surface area contributed by atoms with Crippen LogP contribution < -0.4 is 16.0 Å². The summed E-state index contributed by atoms with van der Waals surface area (Å²) in [4.78, 5) is 24.7. The molecule has 2 rings (SSSR count). The summed E-state index contributed by atoms with van der Waals surface area (Å²) in [5.74, 6) is -0.314. The number of likely N-dealkylation sites (tertiary alicyclic amines) is 1. The van der Waals surface area contributed by atoms with E-state index in [1.807, 2.05) is 6.92 Å². The van der Waals surface area contributed by atoms with Gasteiger partial charge in [0.25, 0.3) is 5.91 Å². The van der Waals surface area contributed by atoms with Crippen LogP contribution in [-0.4, -0.2) is 31.4 Å². The molecule has 1 fully saturated rings. The minimum Gasteiger partial charge on any atom is -0.369 e. The highest BCUT2D eigenvalue weighted by Crippen LogP contribution is 2.16. The molecule has 1 aromatic carbocycles. The highest BCUT2D eigenvalue weighted by molar-refractivity contribution is 5.78. The summed E-state index contributed by atoms with van der Waals surface area (Å²) in [6.07, 6.45) is 1.79. The Balaban J connectivity index is 1.88. The third-order valence-electron chi connectivity index (χ3n) is 4.84. The van der Waals surface area contributed by atoms with Crippen LogP contribution in [-0.2, 0) is 9.59 Å². The number of amides is 2. The summed E-state index contributed by atoms with van der Waals surface area (Å²) in [6, 6.07) is 6.25. The van der Waals surface area contributed by atoms with Crippen molar-refractivity contribution < 1.29 is 14.5 Å². The smallest absolute Gasteiger partial charge is 0.275 e. The average molecular weight is 318 g/mol. The summed E-state index contributed by atoms with van der Waals surface area (Å²) >= 11 is 0. The summed E-state index contributed by atoms with van der Waals surface area (Å²) in [7, 11) is 0. The Labute approximate surface area is 138 Å². The van der Waals surface area contributed by atoms with Crippen LogP contribution in [0.15, 0.2) is 18.2 Å². The summed E-state index contributed by atoms with van der Waals surface area (Å²) in [5, 5.41) is 3.06. The Morgan fingerprint density at radius 3 is 2.74 bits per heavy atom. The number of carbonyl (C=O) groups excluding carboxylic acids is 2. The van der Waals surface area contributed by atoms with Crippen LogP contribution in [0, 0.1) is 19.8 Å². The van der Waals surface area contributed by atoms with Crippen molar-refractivity contribution in [3.05, 3.63) is 34.9 Å². The normalized spacial score (nSPS) is 22.4. The van der Waals surface area contributed by atoms with Crippen molar-refractivity contribution in [2.24, 2.45) is 11.7 Å². The molecule has 1 unspecified atom stereocenters. The molecule has 5 nitrogen and oxygen atoms in total. The van der Waals surface area contributed by atoms with Gasteiger partial charge < -0.3 is 16.0 Å². The molecule has 2 amide bonds. The molecular weight excluding hydrogens is 290 g/mol. The van der Waals surface area contributed by atoms with Crippen molar-refractivity contribution >= 4 is 11.8 Å². The Kier molecular flexibility index (Phi) is 5.77. The van der Waals surface area contributed by atoms with E-state index in [4.69, 9.17) is 5.73 Å². The number of hydrogen-bond donors (Lipinski definition) is 3. The number of quaternary nitrogens is 1. The second-order valence-corrected chi connectivity index (χ2v) is 6.76. The minimum absolute atomic E-state index is 0.0158. The maximum atomic E-state index is 12.3. The van der Waals surface area contributed by atoms with E-state index < -0.39 is 0 Å². The highest BCUT2D eigenvalue weighted by atomic mass is 16.2. The van der Waals surface area contributed by atoms with Crippen LogP contribution in [0.1, 0.15) is 42.5 Å². The van der Waals surface area contributed by atoms with E-state index >= 15 is 0 Å². The molecule has 1 saturated heterocycles. The molecule has 1 aliphatic rings. The van der Waals surface area contributed by atoms with Gasteiger partial charge in [-0.05, 0) is 50.3 Å². The molecule has 0 spiro atoms. The summed E-state index contributed by atoms with van der Waals surface area (Å²) < 4.78 is 0. The van der Waals surface area contributed by atoms with Crippen molar-refractivity contribution in [2.75, 3.05) is 19.6 Å². The van der Waals surface area contributed by atoms with Gasteiger partial charge >= 0.3 is 0 Å². The van der Waals surface area contributed by atoms with E-state index in [2.05, 4.69) is 37.4 Å². The van der Waals surface area contributed by atoms with Gasteiger partial charge in [0.15, 0.2) is 6.54 Å². The van der Waals surface area contributed by atoms with Crippen LogP contribution in [0.3, 0.4) is 0 Å². The number of carbonyl (C=O) groups is 2. The molecular formula is C18H28N3O2+. The zero-order chi connectivity index (χ0) is 17.0. The number of piperidine rings is 1. The molecule has 23 heavy (non-hydrogen) atoms. The van der Waals surface area contributed by atoms with Crippen molar-refractivity contribution in [1.82, 2.24) is 5.32 Å². The number of nitrogens with two attached hydrogens (primary N) is 1. The third-order valence-corrected chi connectivity index (χ3v) is 4.84. The number of aryl methyl sites for hydroxylation is 2. The van der Waals surface area contributed by atoms with Crippen LogP contribution in [0.25, 0.3) is 0 Å². The molecule has 3 atom stereocenters. The van der Waals surface area contributed by atoms with Crippen LogP contribution in [0.4, 0.5) is 0 Å². The monoisotopic (exact) mass is 318 g/mol. The van der Waals surface area contributed by atoms with Crippen molar-refractivity contribution in [3.63, 3.8) is 0 Å². The van der Waals surface area contributed by atoms with Gasteiger partial charge in [0.05, 0.1) is 25.0 Å². The number of benzene rings is 1. The Morgan fingerprint density at radius 1 is 1.35 bits per heavy atom. The fourth-order valence-electron chi connectivity index (χ4n) is 3.19. The van der Waals surface area contributed by atoms with E-state index in [1.54, 1.807) is 0 Å². The topological polar surface area (TPSA) is 76.6 Å². The zero-order valence-electron chi connectivity index (χ0n) is 14.3. The molecule has 1 heterocycles. The van der Waals surface area contributed by atoms with Gasteiger partial charge in [-0.2, -0.15) is 0 Å². The van der Waals surface area contributed by atoms with Crippen LogP contribution in [0.2, 0.25) is 0 Å². The second-order valence-electron chi connectivity index (χ2n) is 6.76. The van der Waals surface area contributed by atoms with Crippen molar-refractivity contribution in [3.8, 4) is 0 Å². The minimum atomic E-state index is -0.244. The van der Waals surface area contributed by atoms with Gasteiger partial charge in [-0.25, -0.2) is 0 Å². The maximum Gasteiger partial charge on any atom is 0.275 e. The van der Waals surface area contributed by atoms with Crippen LogP contribution >= 0.6 is 0 Å². The molecule has 1 aliphatic heterocycles. The Morgan fingerprint density at radius 2 is 2.09 bits per heavy atom. The summed E-state index contributed by atoms with van der Waals surface area (Å²) in [5.41, 5.74) is 8.99. The number of nitrogens with one attached hydrogen (secondary N) is 2. The first-order chi connectivity index (χ1) is 10.9.